The Bertz CT molecular complexity index is 378. The van der Waals surface area contributed by atoms with Crippen LogP contribution in [0.5, 0.6) is 0 Å². The first-order valence-electron chi connectivity index (χ1n) is 7.07. The van der Waals surface area contributed by atoms with Crippen molar-refractivity contribution in [3.63, 3.8) is 0 Å². The summed E-state index contributed by atoms with van der Waals surface area (Å²) in [4.78, 5) is 2.33. The Kier molecular flexibility index (Phi) is 4.97. The smallest absolute Gasteiger partial charge is 0.0900 e. The summed E-state index contributed by atoms with van der Waals surface area (Å²) in [5.41, 5.74) is 1.54. The van der Waals surface area contributed by atoms with Gasteiger partial charge in [0.2, 0.25) is 0 Å². The lowest BCUT2D eigenvalue weighted by atomic mass is 9.93. The van der Waals surface area contributed by atoms with E-state index < -0.39 is 6.10 Å². The summed E-state index contributed by atoms with van der Waals surface area (Å²) in [7, 11) is 0. The van der Waals surface area contributed by atoms with E-state index in [0.717, 1.165) is 25.2 Å². The molecule has 3 heteroatoms. The molecular weight excluding hydrogens is 238 g/mol. The van der Waals surface area contributed by atoms with Crippen LogP contribution in [0.3, 0.4) is 0 Å². The van der Waals surface area contributed by atoms with Gasteiger partial charge in [-0.25, -0.2) is 0 Å². The number of hydrogen-bond donors (Lipinski definition) is 1. The maximum Gasteiger partial charge on any atom is 0.0900 e. The summed E-state index contributed by atoms with van der Waals surface area (Å²) in [6.45, 7) is 8.43. The molecule has 0 saturated carbocycles. The van der Waals surface area contributed by atoms with Crippen LogP contribution in [0.1, 0.15) is 25.8 Å². The molecule has 3 nitrogen and oxygen atoms in total. The summed E-state index contributed by atoms with van der Waals surface area (Å²) in [6.07, 6.45) is 0.822. The van der Waals surface area contributed by atoms with Gasteiger partial charge in [0.1, 0.15) is 0 Å². The average molecular weight is 263 g/mol. The maximum absolute atomic E-state index is 9.99. The molecule has 1 fully saturated rings. The number of rotatable bonds is 6. The van der Waals surface area contributed by atoms with Crippen molar-refractivity contribution < 1.29 is 9.84 Å². The lowest BCUT2D eigenvalue weighted by molar-refractivity contribution is 0.0122. The quantitative estimate of drug-likeness (QED) is 0.855. The van der Waals surface area contributed by atoms with Crippen molar-refractivity contribution in [1.82, 2.24) is 4.90 Å². The Labute approximate surface area is 116 Å². The van der Waals surface area contributed by atoms with Crippen molar-refractivity contribution in [1.29, 1.82) is 0 Å². The van der Waals surface area contributed by atoms with Gasteiger partial charge in [-0.2, -0.15) is 0 Å². The molecule has 1 heterocycles. The molecule has 1 aromatic carbocycles. The van der Waals surface area contributed by atoms with Crippen molar-refractivity contribution in [3.05, 3.63) is 35.9 Å². The number of aliphatic hydroxyl groups excluding tert-OH is 1. The predicted octanol–water partition coefficient (Wildman–Crippen LogP) is 2.30. The van der Waals surface area contributed by atoms with Crippen LogP contribution in [0, 0.1) is 5.41 Å². The van der Waals surface area contributed by atoms with Gasteiger partial charge in [0.15, 0.2) is 0 Å². The second-order valence-electron chi connectivity index (χ2n) is 6.30. The van der Waals surface area contributed by atoms with Crippen molar-refractivity contribution >= 4 is 0 Å². The van der Waals surface area contributed by atoms with Crippen molar-refractivity contribution in [2.24, 2.45) is 5.41 Å². The Morgan fingerprint density at radius 2 is 2.05 bits per heavy atom. The zero-order chi connectivity index (χ0) is 13.7. The SMILES string of the molecule is CC1(C)CCN(CC(O)COCc2ccccc2)C1. The van der Waals surface area contributed by atoms with Crippen molar-refractivity contribution in [2.45, 2.75) is 33.0 Å². The minimum atomic E-state index is -0.391. The van der Waals surface area contributed by atoms with Crippen molar-refractivity contribution in [3.8, 4) is 0 Å². The average Bonchev–Trinajstić information content (AvgIpc) is 2.70. The number of β-amino-alcohol motifs (C(OH)–C–C–N with tert-alkyl or cyclic N) is 1. The largest absolute Gasteiger partial charge is 0.389 e. The van der Waals surface area contributed by atoms with Gasteiger partial charge in [0, 0.05) is 13.1 Å². The molecule has 1 saturated heterocycles. The zero-order valence-corrected chi connectivity index (χ0v) is 12.0. The van der Waals surface area contributed by atoms with Crippen LogP contribution >= 0.6 is 0 Å². The second-order valence-corrected chi connectivity index (χ2v) is 6.30. The normalized spacial score (nSPS) is 20.6. The molecule has 1 aliphatic heterocycles. The molecular formula is C16H25NO2. The molecule has 1 aliphatic rings. The predicted molar refractivity (Wildman–Crippen MR) is 76.9 cm³/mol. The van der Waals surface area contributed by atoms with Gasteiger partial charge < -0.3 is 14.7 Å². The molecule has 0 aliphatic carbocycles. The number of aliphatic hydroxyl groups is 1. The fourth-order valence-corrected chi connectivity index (χ4v) is 2.62. The maximum atomic E-state index is 9.99. The highest BCUT2D eigenvalue weighted by atomic mass is 16.5. The number of hydrogen-bond acceptors (Lipinski definition) is 3. The van der Waals surface area contributed by atoms with Crippen LogP contribution in [-0.4, -0.2) is 42.4 Å². The lowest BCUT2D eigenvalue weighted by Gasteiger charge is -2.22. The number of benzene rings is 1. The molecule has 0 aromatic heterocycles. The van der Waals surface area contributed by atoms with E-state index in [-0.39, 0.29) is 0 Å². The second kappa shape index (κ2) is 6.51. The number of nitrogens with zero attached hydrogens (tertiary/aromatic N) is 1. The highest BCUT2D eigenvalue weighted by Gasteiger charge is 2.29. The Morgan fingerprint density at radius 1 is 1.32 bits per heavy atom. The Morgan fingerprint density at radius 3 is 2.68 bits per heavy atom. The Balaban J connectivity index is 1.64. The number of ether oxygens (including phenoxy) is 1. The van der Waals surface area contributed by atoms with Crippen LogP contribution in [0.15, 0.2) is 30.3 Å². The third-order valence-corrected chi connectivity index (χ3v) is 3.65. The lowest BCUT2D eigenvalue weighted by Crippen LogP contribution is -2.34. The highest BCUT2D eigenvalue weighted by Crippen LogP contribution is 2.28. The van der Waals surface area contributed by atoms with E-state index in [9.17, 15) is 5.11 Å². The molecule has 0 radical (unpaired) electrons. The first-order valence-corrected chi connectivity index (χ1v) is 7.07. The molecule has 1 atom stereocenters. The van der Waals surface area contributed by atoms with Gasteiger partial charge in [0.25, 0.3) is 0 Å². The molecule has 19 heavy (non-hydrogen) atoms. The third-order valence-electron chi connectivity index (χ3n) is 3.65. The molecule has 1 unspecified atom stereocenters. The van der Waals surface area contributed by atoms with E-state index in [4.69, 9.17) is 4.74 Å². The summed E-state index contributed by atoms with van der Waals surface area (Å²) in [5, 5.41) is 9.99. The molecule has 1 N–H and O–H groups in total. The topological polar surface area (TPSA) is 32.7 Å². The fourth-order valence-electron chi connectivity index (χ4n) is 2.62. The van der Waals surface area contributed by atoms with Gasteiger partial charge in [-0.3, -0.25) is 0 Å². The van der Waals surface area contributed by atoms with Crippen LogP contribution < -0.4 is 0 Å². The van der Waals surface area contributed by atoms with E-state index in [0.29, 0.717) is 18.6 Å². The summed E-state index contributed by atoms with van der Waals surface area (Å²) in [5.74, 6) is 0. The van der Waals surface area contributed by atoms with E-state index in [1.54, 1.807) is 0 Å². The van der Waals surface area contributed by atoms with Gasteiger partial charge in [-0.05, 0) is 23.9 Å². The van der Waals surface area contributed by atoms with E-state index in [2.05, 4.69) is 18.7 Å². The monoisotopic (exact) mass is 263 g/mol. The van der Waals surface area contributed by atoms with E-state index in [1.165, 1.54) is 6.42 Å². The minimum absolute atomic E-state index is 0.391. The van der Waals surface area contributed by atoms with Crippen LogP contribution in [0.4, 0.5) is 0 Å². The fraction of sp³-hybridized carbons (Fsp3) is 0.625. The zero-order valence-electron chi connectivity index (χ0n) is 12.0. The first-order chi connectivity index (χ1) is 9.05. The molecule has 1 aromatic rings. The summed E-state index contributed by atoms with van der Waals surface area (Å²) in [6, 6.07) is 10.1. The summed E-state index contributed by atoms with van der Waals surface area (Å²) < 4.78 is 5.57. The van der Waals surface area contributed by atoms with Crippen molar-refractivity contribution in [2.75, 3.05) is 26.2 Å². The molecule has 0 amide bonds. The van der Waals surface area contributed by atoms with Crippen LogP contribution in [-0.2, 0) is 11.3 Å². The van der Waals surface area contributed by atoms with Crippen LogP contribution in [0.25, 0.3) is 0 Å². The molecule has 0 spiro atoms. The van der Waals surface area contributed by atoms with Gasteiger partial charge in [0.05, 0.1) is 19.3 Å². The summed E-state index contributed by atoms with van der Waals surface area (Å²) >= 11 is 0. The third kappa shape index (κ3) is 4.94. The highest BCUT2D eigenvalue weighted by molar-refractivity contribution is 5.13. The molecule has 0 bridgehead atoms. The first kappa shape index (κ1) is 14.5. The van der Waals surface area contributed by atoms with Gasteiger partial charge >= 0.3 is 0 Å². The number of likely N-dealkylation sites (tertiary alicyclic amines) is 1. The van der Waals surface area contributed by atoms with Gasteiger partial charge in [-0.1, -0.05) is 44.2 Å². The van der Waals surface area contributed by atoms with Gasteiger partial charge in [-0.15, -0.1) is 0 Å². The minimum Gasteiger partial charge on any atom is -0.389 e. The Hall–Kier alpha value is -0.900. The van der Waals surface area contributed by atoms with E-state index in [1.807, 2.05) is 30.3 Å². The van der Waals surface area contributed by atoms with Crippen LogP contribution in [0.2, 0.25) is 0 Å². The molecule has 106 valence electrons. The standard InChI is InChI=1S/C16H25NO2/c1-16(2)8-9-17(13-16)10-15(18)12-19-11-14-6-4-3-5-7-14/h3-7,15,18H,8-13H2,1-2H3. The molecule has 2 rings (SSSR count). The van der Waals surface area contributed by atoms with E-state index >= 15 is 0 Å².